The number of benzene rings is 1. The molecule has 1 saturated carbocycles. The van der Waals surface area contributed by atoms with E-state index in [2.05, 4.69) is 22.9 Å². The summed E-state index contributed by atoms with van der Waals surface area (Å²) in [6.07, 6.45) is 1.33. The Hall–Kier alpha value is -1.47. The first kappa shape index (κ1) is 18.6. The molecule has 6 nitrogen and oxygen atoms in total. The number of nitrogens with zero attached hydrogens (tertiary/aromatic N) is 1. The van der Waals surface area contributed by atoms with Crippen LogP contribution in [0.5, 0.6) is 11.5 Å². The minimum absolute atomic E-state index is 0.0528. The lowest BCUT2D eigenvalue weighted by Gasteiger charge is -2.59. The molecule has 1 spiro atoms. The summed E-state index contributed by atoms with van der Waals surface area (Å²) in [5.74, 6) is 1.84. The average molecular weight is 452 g/mol. The molecule has 7 heteroatoms. The highest BCUT2D eigenvalue weighted by Gasteiger charge is 2.67. The van der Waals surface area contributed by atoms with Gasteiger partial charge in [-0.25, -0.2) is 4.79 Å². The number of aliphatic hydroxyl groups excluding tert-OH is 1. The van der Waals surface area contributed by atoms with Crippen molar-refractivity contribution in [3.8, 4) is 11.5 Å². The highest BCUT2D eigenvalue weighted by Crippen LogP contribution is 2.65. The van der Waals surface area contributed by atoms with Crippen LogP contribution in [0, 0.1) is 11.8 Å². The van der Waals surface area contributed by atoms with Gasteiger partial charge in [-0.05, 0) is 49.7 Å². The Kier molecular flexibility index (Phi) is 4.15. The fraction of sp³-hybridized carbons (Fsp3) is 0.667. The van der Waals surface area contributed by atoms with Gasteiger partial charge in [0.1, 0.15) is 6.10 Å². The van der Waals surface area contributed by atoms with Crippen molar-refractivity contribution in [3.63, 3.8) is 0 Å². The van der Waals surface area contributed by atoms with Crippen molar-refractivity contribution in [3.05, 3.63) is 21.7 Å². The topological polar surface area (TPSA) is 68.2 Å². The summed E-state index contributed by atoms with van der Waals surface area (Å²) in [6.45, 7) is 4.92. The van der Waals surface area contributed by atoms with E-state index in [1.807, 2.05) is 17.9 Å². The molecule has 2 aliphatic heterocycles. The number of aliphatic hydroxyl groups is 1. The molecule has 1 aromatic carbocycles. The third kappa shape index (κ3) is 2.15. The summed E-state index contributed by atoms with van der Waals surface area (Å²) in [7, 11) is 1.65. The maximum atomic E-state index is 12.7. The van der Waals surface area contributed by atoms with Crippen LogP contribution in [-0.2, 0) is 16.6 Å². The zero-order valence-electron chi connectivity index (χ0n) is 16.4. The molecule has 1 N–H and O–H groups in total. The summed E-state index contributed by atoms with van der Waals surface area (Å²) in [5, 5.41) is 11.1. The molecule has 1 amide bonds. The number of carbonyl (C=O) groups excluding carboxylic acids is 1. The number of ether oxygens (including phenoxy) is 3. The van der Waals surface area contributed by atoms with Gasteiger partial charge in [0, 0.05) is 28.0 Å². The van der Waals surface area contributed by atoms with Gasteiger partial charge in [0.25, 0.3) is 0 Å². The maximum Gasteiger partial charge on any atom is 0.410 e. The number of hydrogen-bond donors (Lipinski definition) is 1. The Morgan fingerprint density at radius 1 is 1.50 bits per heavy atom. The van der Waals surface area contributed by atoms with Crippen molar-refractivity contribution in [1.82, 2.24) is 4.90 Å². The lowest BCUT2D eigenvalue weighted by molar-refractivity contribution is -0.122. The Labute approximate surface area is 173 Å². The first-order valence-corrected chi connectivity index (χ1v) is 10.9. The van der Waals surface area contributed by atoms with Crippen LogP contribution in [0.4, 0.5) is 4.79 Å². The monoisotopic (exact) mass is 451 g/mol. The van der Waals surface area contributed by atoms with E-state index in [4.69, 9.17) is 14.2 Å². The molecule has 2 heterocycles. The van der Waals surface area contributed by atoms with E-state index in [0.29, 0.717) is 18.9 Å². The van der Waals surface area contributed by atoms with Gasteiger partial charge in [-0.1, -0.05) is 22.9 Å². The zero-order chi connectivity index (χ0) is 19.8. The highest BCUT2D eigenvalue weighted by atomic mass is 79.9. The van der Waals surface area contributed by atoms with Crippen LogP contribution in [0.1, 0.15) is 37.8 Å². The summed E-state index contributed by atoms with van der Waals surface area (Å²) >= 11 is 3.73. The van der Waals surface area contributed by atoms with Crippen LogP contribution >= 0.6 is 15.9 Å². The molecule has 4 aliphatic rings. The van der Waals surface area contributed by atoms with Crippen molar-refractivity contribution < 1.29 is 24.1 Å². The summed E-state index contributed by atoms with van der Waals surface area (Å²) < 4.78 is 18.4. The predicted octanol–water partition coefficient (Wildman–Crippen LogP) is 3.26. The van der Waals surface area contributed by atoms with Crippen molar-refractivity contribution in [2.45, 2.75) is 56.8 Å². The van der Waals surface area contributed by atoms with Crippen LogP contribution in [0.3, 0.4) is 0 Å². The molecule has 0 aromatic heterocycles. The fourth-order valence-corrected chi connectivity index (χ4v) is 6.91. The second kappa shape index (κ2) is 6.26. The van der Waals surface area contributed by atoms with E-state index in [-0.39, 0.29) is 35.5 Å². The number of piperidine rings is 1. The van der Waals surface area contributed by atoms with Crippen LogP contribution in [0.15, 0.2) is 10.5 Å². The molecule has 2 bridgehead atoms. The molecule has 1 saturated heterocycles. The van der Waals surface area contributed by atoms with Crippen molar-refractivity contribution in [2.75, 3.05) is 20.3 Å². The van der Waals surface area contributed by atoms with E-state index < -0.39 is 6.10 Å². The number of rotatable bonds is 2. The second-order valence-electron chi connectivity index (χ2n) is 8.55. The van der Waals surface area contributed by atoms with Gasteiger partial charge in [0.2, 0.25) is 0 Å². The number of halogens is 1. The lowest BCUT2D eigenvalue weighted by Crippen LogP contribution is -2.69. The zero-order valence-corrected chi connectivity index (χ0v) is 18.0. The minimum Gasteiger partial charge on any atom is -0.493 e. The summed E-state index contributed by atoms with van der Waals surface area (Å²) in [6, 6.07) is 2.00. The molecule has 152 valence electrons. The number of hydrogen-bond acceptors (Lipinski definition) is 5. The van der Waals surface area contributed by atoms with Crippen LogP contribution < -0.4 is 9.47 Å². The molecule has 0 radical (unpaired) electrons. The molecule has 1 aromatic rings. The predicted molar refractivity (Wildman–Crippen MR) is 106 cm³/mol. The summed E-state index contributed by atoms with van der Waals surface area (Å²) in [5.41, 5.74) is 2.09. The van der Waals surface area contributed by atoms with Gasteiger partial charge in [-0.2, -0.15) is 0 Å². The molecule has 2 fully saturated rings. The molecular weight excluding hydrogens is 426 g/mol. The number of carbonyl (C=O) groups is 1. The van der Waals surface area contributed by atoms with Crippen molar-refractivity contribution in [1.29, 1.82) is 0 Å². The average Bonchev–Trinajstić information content (AvgIpc) is 3.00. The standard InChI is InChI=1S/C21H26BrNO5/c1-4-27-20(25)23-6-5-21-12-7-10(2)17(24)19(21)28-18-15(26-3)9-13(22)11(16(18)21)8-14(12)23/h9-10,12,14,17,19,24H,4-8H2,1-3H3/t10-,12+,14-,17+,19+,21+/m1/s1. The van der Waals surface area contributed by atoms with Gasteiger partial charge < -0.3 is 24.2 Å². The fourth-order valence-electron chi connectivity index (χ4n) is 6.34. The first-order chi connectivity index (χ1) is 13.4. The molecule has 2 aliphatic carbocycles. The van der Waals surface area contributed by atoms with E-state index in [9.17, 15) is 9.90 Å². The Morgan fingerprint density at radius 3 is 3.00 bits per heavy atom. The van der Waals surface area contributed by atoms with Gasteiger partial charge in [-0.3, -0.25) is 0 Å². The minimum atomic E-state index is -0.534. The largest absolute Gasteiger partial charge is 0.493 e. The van der Waals surface area contributed by atoms with Gasteiger partial charge in [-0.15, -0.1) is 0 Å². The smallest absolute Gasteiger partial charge is 0.410 e. The molecule has 5 rings (SSSR count). The van der Waals surface area contributed by atoms with E-state index >= 15 is 0 Å². The van der Waals surface area contributed by atoms with Crippen molar-refractivity contribution >= 4 is 22.0 Å². The van der Waals surface area contributed by atoms with Crippen LogP contribution in [-0.4, -0.2) is 54.6 Å². The Balaban J connectivity index is 1.71. The molecule has 28 heavy (non-hydrogen) atoms. The van der Waals surface area contributed by atoms with Gasteiger partial charge >= 0.3 is 6.09 Å². The number of likely N-dealkylation sites (tertiary alicyclic amines) is 1. The maximum absolute atomic E-state index is 12.7. The number of amides is 1. The normalized spacial score (nSPS) is 37.2. The SMILES string of the molecule is CCOC(=O)N1CC[C@]23c4c5c(Br)cc(OC)c4O[C@H]2[C@@H](O)[C@H](C)C[C@H]3[C@H]1C5. The first-order valence-electron chi connectivity index (χ1n) is 10.1. The molecule has 6 atom stereocenters. The molecule has 0 unspecified atom stereocenters. The summed E-state index contributed by atoms with van der Waals surface area (Å²) in [4.78, 5) is 14.6. The third-order valence-corrected chi connectivity index (χ3v) is 8.17. The second-order valence-corrected chi connectivity index (χ2v) is 9.40. The van der Waals surface area contributed by atoms with E-state index in [1.54, 1.807) is 7.11 Å². The Bertz CT molecular complexity index is 845. The molecular formula is C21H26BrNO5. The van der Waals surface area contributed by atoms with E-state index in [0.717, 1.165) is 29.5 Å². The highest BCUT2D eigenvalue weighted by molar-refractivity contribution is 9.10. The van der Waals surface area contributed by atoms with Crippen LogP contribution in [0.2, 0.25) is 0 Å². The number of methoxy groups -OCH3 is 1. The van der Waals surface area contributed by atoms with Crippen LogP contribution in [0.25, 0.3) is 0 Å². The van der Waals surface area contributed by atoms with Gasteiger partial charge in [0.15, 0.2) is 11.5 Å². The third-order valence-electron chi connectivity index (χ3n) is 7.46. The van der Waals surface area contributed by atoms with Gasteiger partial charge in [0.05, 0.1) is 19.8 Å². The quantitative estimate of drug-likeness (QED) is 0.746. The van der Waals surface area contributed by atoms with Crippen molar-refractivity contribution in [2.24, 2.45) is 11.8 Å². The lowest BCUT2D eigenvalue weighted by atomic mass is 9.50. The Morgan fingerprint density at radius 2 is 2.29 bits per heavy atom. The van der Waals surface area contributed by atoms with E-state index in [1.165, 1.54) is 11.1 Å².